The molecule has 40 heavy (non-hydrogen) atoms. The van der Waals surface area contributed by atoms with Gasteiger partial charge in [-0.25, -0.2) is 8.42 Å². The molecule has 1 aliphatic heterocycles. The van der Waals surface area contributed by atoms with Gasteiger partial charge in [0, 0.05) is 49.9 Å². The van der Waals surface area contributed by atoms with Gasteiger partial charge in [-0.1, -0.05) is 18.2 Å². The Morgan fingerprint density at radius 1 is 1.05 bits per heavy atom. The van der Waals surface area contributed by atoms with Gasteiger partial charge in [0.1, 0.15) is 11.4 Å². The van der Waals surface area contributed by atoms with Crippen LogP contribution in [-0.2, 0) is 14.6 Å². The summed E-state index contributed by atoms with van der Waals surface area (Å²) in [7, 11) is -1.92. The molecular weight excluding hydrogens is 534 g/mol. The van der Waals surface area contributed by atoms with E-state index in [-0.39, 0.29) is 42.0 Å². The molecule has 1 unspecified atom stereocenters. The van der Waals surface area contributed by atoms with Crippen molar-refractivity contribution in [2.75, 3.05) is 33.0 Å². The van der Waals surface area contributed by atoms with Crippen LogP contribution in [0.1, 0.15) is 27.8 Å². The first kappa shape index (κ1) is 27.0. The zero-order chi connectivity index (χ0) is 28.6. The Labute approximate surface area is 230 Å². The predicted octanol–water partition coefficient (Wildman–Crippen LogP) is 2.59. The molecule has 12 heteroatoms. The number of fused-ring (bicyclic) bond motifs is 1. The maximum Gasteiger partial charge on any atom is 0.295 e. The molecule has 0 spiro atoms. The quantitative estimate of drug-likeness (QED) is 0.280. The van der Waals surface area contributed by atoms with Crippen molar-refractivity contribution in [3.05, 3.63) is 72.3 Å². The normalized spacial score (nSPS) is 15.7. The molecule has 4 heterocycles. The lowest BCUT2D eigenvalue weighted by Crippen LogP contribution is -2.56. The standard InChI is InChI=1S/C28H27N5O6S/c1-17-16-32(12-13-33(17)27(35)21-6-4-5-11-29-21)28(36)26(34)20-14-30-25-23(20)22(39-2)15-31-24(25)18-7-9-19(10-8-18)40(3,37)38/h4-11,14-15,17,30H,12-13,16H2,1-3H3. The van der Waals surface area contributed by atoms with Crippen LogP contribution in [0, 0.1) is 0 Å². The fourth-order valence-electron chi connectivity index (χ4n) is 4.87. The van der Waals surface area contributed by atoms with E-state index in [1.807, 2.05) is 6.92 Å². The van der Waals surface area contributed by atoms with Crippen molar-refractivity contribution in [2.24, 2.45) is 0 Å². The number of aromatic amines is 1. The molecule has 1 aromatic carbocycles. The zero-order valence-corrected chi connectivity index (χ0v) is 22.9. The summed E-state index contributed by atoms with van der Waals surface area (Å²) in [4.78, 5) is 54.6. The second-order valence-corrected chi connectivity index (χ2v) is 11.6. The van der Waals surface area contributed by atoms with Gasteiger partial charge in [-0.3, -0.25) is 24.4 Å². The van der Waals surface area contributed by atoms with E-state index in [1.54, 1.807) is 41.4 Å². The van der Waals surface area contributed by atoms with Crippen LogP contribution >= 0.6 is 0 Å². The third-order valence-corrected chi connectivity index (χ3v) is 8.08. The number of ketones is 1. The Balaban J connectivity index is 1.41. The third kappa shape index (κ3) is 4.93. The van der Waals surface area contributed by atoms with E-state index in [9.17, 15) is 22.8 Å². The van der Waals surface area contributed by atoms with Gasteiger partial charge >= 0.3 is 0 Å². The molecule has 3 aromatic heterocycles. The number of hydrogen-bond acceptors (Lipinski definition) is 8. The summed E-state index contributed by atoms with van der Waals surface area (Å²) >= 11 is 0. The smallest absolute Gasteiger partial charge is 0.295 e. The number of H-pyrrole nitrogens is 1. The first-order valence-corrected chi connectivity index (χ1v) is 14.4. The maximum absolute atomic E-state index is 13.5. The molecule has 0 aliphatic carbocycles. The Hall–Kier alpha value is -4.58. The van der Waals surface area contributed by atoms with Crippen LogP contribution in [-0.4, -0.2) is 89.8 Å². The fourth-order valence-corrected chi connectivity index (χ4v) is 5.50. The van der Waals surface area contributed by atoms with Crippen LogP contribution in [0.15, 0.2) is 66.0 Å². The molecule has 2 amide bonds. The molecule has 1 N–H and O–H groups in total. The van der Waals surface area contributed by atoms with E-state index in [1.165, 1.54) is 36.5 Å². The van der Waals surface area contributed by atoms with Crippen molar-refractivity contribution in [3.8, 4) is 17.0 Å². The summed E-state index contributed by atoms with van der Waals surface area (Å²) in [6.45, 7) is 2.49. The number of nitrogens with one attached hydrogen (secondary N) is 1. The van der Waals surface area contributed by atoms with Gasteiger partial charge in [0.2, 0.25) is 0 Å². The van der Waals surface area contributed by atoms with Crippen molar-refractivity contribution in [1.29, 1.82) is 0 Å². The van der Waals surface area contributed by atoms with Gasteiger partial charge in [0.25, 0.3) is 17.6 Å². The Morgan fingerprint density at radius 2 is 1.80 bits per heavy atom. The largest absolute Gasteiger partial charge is 0.494 e. The lowest BCUT2D eigenvalue weighted by atomic mass is 10.0. The molecule has 5 rings (SSSR count). The average molecular weight is 562 g/mol. The first-order chi connectivity index (χ1) is 19.1. The molecule has 0 saturated carbocycles. The molecule has 1 fully saturated rings. The number of pyridine rings is 2. The summed E-state index contributed by atoms with van der Waals surface area (Å²) in [5.41, 5.74) is 2.02. The van der Waals surface area contributed by atoms with Gasteiger partial charge in [0.05, 0.1) is 40.4 Å². The van der Waals surface area contributed by atoms with E-state index < -0.39 is 21.5 Å². The molecule has 11 nitrogen and oxygen atoms in total. The van der Waals surface area contributed by atoms with Gasteiger partial charge in [-0.2, -0.15) is 0 Å². The molecule has 1 atom stereocenters. The van der Waals surface area contributed by atoms with Gasteiger partial charge in [-0.05, 0) is 31.2 Å². The Bertz CT molecular complexity index is 1720. The number of hydrogen-bond donors (Lipinski definition) is 1. The van der Waals surface area contributed by atoms with E-state index in [0.717, 1.165) is 6.26 Å². The van der Waals surface area contributed by atoms with Crippen LogP contribution in [0.25, 0.3) is 22.2 Å². The van der Waals surface area contributed by atoms with E-state index in [2.05, 4.69) is 15.0 Å². The summed E-state index contributed by atoms with van der Waals surface area (Å²) in [6.07, 6.45) is 5.59. The number of carbonyl (C=O) groups excluding carboxylic acids is 3. The van der Waals surface area contributed by atoms with Crippen molar-refractivity contribution >= 4 is 38.3 Å². The van der Waals surface area contributed by atoms with Crippen LogP contribution in [0.5, 0.6) is 5.75 Å². The van der Waals surface area contributed by atoms with E-state index >= 15 is 0 Å². The highest BCUT2D eigenvalue weighted by Gasteiger charge is 2.34. The molecule has 0 bridgehead atoms. The number of methoxy groups -OCH3 is 1. The van der Waals surface area contributed by atoms with Crippen LogP contribution in [0.4, 0.5) is 0 Å². The molecule has 1 aliphatic rings. The highest BCUT2D eigenvalue weighted by Crippen LogP contribution is 2.35. The Kier molecular flexibility index (Phi) is 7.11. The minimum Gasteiger partial charge on any atom is -0.494 e. The number of aromatic nitrogens is 3. The Morgan fingerprint density at radius 3 is 2.42 bits per heavy atom. The lowest BCUT2D eigenvalue weighted by molar-refractivity contribution is -0.128. The number of benzene rings is 1. The zero-order valence-electron chi connectivity index (χ0n) is 22.1. The fraction of sp³-hybridized carbons (Fsp3) is 0.250. The van der Waals surface area contributed by atoms with E-state index in [4.69, 9.17) is 4.74 Å². The molecule has 206 valence electrons. The third-order valence-electron chi connectivity index (χ3n) is 6.95. The van der Waals surface area contributed by atoms with Crippen LogP contribution in [0.2, 0.25) is 0 Å². The van der Waals surface area contributed by atoms with Crippen molar-refractivity contribution in [2.45, 2.75) is 17.9 Å². The van der Waals surface area contributed by atoms with Crippen LogP contribution in [0.3, 0.4) is 0 Å². The average Bonchev–Trinajstić information content (AvgIpc) is 3.41. The maximum atomic E-state index is 13.5. The van der Waals surface area contributed by atoms with Gasteiger partial charge in [-0.15, -0.1) is 0 Å². The second kappa shape index (κ2) is 10.5. The molecular formula is C28H27N5O6S. The topological polar surface area (TPSA) is 143 Å². The summed E-state index contributed by atoms with van der Waals surface area (Å²) in [5, 5.41) is 0.398. The van der Waals surface area contributed by atoms with Crippen molar-refractivity contribution in [1.82, 2.24) is 24.8 Å². The SMILES string of the molecule is COc1cnc(-c2ccc(S(C)(=O)=O)cc2)c2[nH]cc(C(=O)C(=O)N3CCN(C(=O)c4ccccn4)C(C)C3)c12. The van der Waals surface area contributed by atoms with Crippen molar-refractivity contribution < 1.29 is 27.5 Å². The second-order valence-electron chi connectivity index (χ2n) is 9.57. The number of amides is 2. The summed E-state index contributed by atoms with van der Waals surface area (Å²) in [5.74, 6) is -1.32. The van der Waals surface area contributed by atoms with Crippen molar-refractivity contribution in [3.63, 3.8) is 0 Å². The summed E-state index contributed by atoms with van der Waals surface area (Å²) in [6, 6.07) is 11.0. The highest BCUT2D eigenvalue weighted by molar-refractivity contribution is 7.90. The minimum absolute atomic E-state index is 0.132. The van der Waals surface area contributed by atoms with E-state index in [0.29, 0.717) is 33.6 Å². The predicted molar refractivity (Wildman–Crippen MR) is 147 cm³/mol. The molecule has 0 radical (unpaired) electrons. The lowest BCUT2D eigenvalue weighted by Gasteiger charge is -2.39. The number of carbonyl (C=O) groups is 3. The molecule has 1 saturated heterocycles. The van der Waals surface area contributed by atoms with Gasteiger partial charge < -0.3 is 19.5 Å². The number of nitrogens with zero attached hydrogens (tertiary/aromatic N) is 4. The van der Waals surface area contributed by atoms with Gasteiger partial charge in [0.15, 0.2) is 9.84 Å². The number of piperazine rings is 1. The highest BCUT2D eigenvalue weighted by atomic mass is 32.2. The van der Waals surface area contributed by atoms with Crippen LogP contribution < -0.4 is 4.74 Å². The first-order valence-electron chi connectivity index (χ1n) is 12.5. The number of ether oxygens (including phenoxy) is 1. The number of rotatable bonds is 6. The molecule has 4 aromatic rings. The minimum atomic E-state index is -3.37. The summed E-state index contributed by atoms with van der Waals surface area (Å²) < 4.78 is 29.2. The monoisotopic (exact) mass is 561 g/mol. The number of sulfone groups is 1. The number of Topliss-reactive ketones (excluding diaryl/α,β-unsaturated/α-hetero) is 1.